The molecule has 3 N–H and O–H groups in total. The predicted molar refractivity (Wildman–Crippen MR) is 78.1 cm³/mol. The largest absolute Gasteiger partial charge is 0.476 e. The van der Waals surface area contributed by atoms with Crippen LogP contribution in [0.5, 0.6) is 0 Å². The molecule has 0 aliphatic heterocycles. The molecule has 1 heterocycles. The fourth-order valence-electron chi connectivity index (χ4n) is 1.43. The first-order valence-corrected chi connectivity index (χ1v) is 6.30. The Morgan fingerprint density at radius 1 is 1.05 bits per heavy atom. The van der Waals surface area contributed by atoms with Crippen molar-refractivity contribution < 1.29 is 14.7 Å². The molecule has 108 valence electrons. The molecule has 0 unspecified atom stereocenters. The van der Waals surface area contributed by atoms with Crippen LogP contribution in [0.25, 0.3) is 0 Å². The summed E-state index contributed by atoms with van der Waals surface area (Å²) in [5.74, 6) is -1.46. The van der Waals surface area contributed by atoms with Gasteiger partial charge in [-0.15, -0.1) is 0 Å². The number of carbonyl (C=O) groups excluding carboxylic acids is 1. The van der Waals surface area contributed by atoms with Gasteiger partial charge in [0, 0.05) is 18.1 Å². The van der Waals surface area contributed by atoms with Crippen LogP contribution in [-0.2, 0) is 0 Å². The summed E-state index contributed by atoms with van der Waals surface area (Å²) >= 11 is 11.6. The number of hydrogen-bond donors (Lipinski definition) is 3. The molecule has 7 nitrogen and oxygen atoms in total. The minimum atomic E-state index is -1.30. The number of aromatic nitrogens is 2. The fraction of sp³-hybridized carbons (Fsp3) is 0. The predicted octanol–water partition coefficient (Wildman–Crippen LogP) is 3.13. The highest BCUT2D eigenvalue weighted by Crippen LogP contribution is 2.25. The van der Waals surface area contributed by atoms with Crippen LogP contribution in [0.4, 0.5) is 16.3 Å². The highest BCUT2D eigenvalue weighted by molar-refractivity contribution is 6.42. The number of amides is 2. The number of halogens is 2. The molecule has 0 atom stereocenters. The Morgan fingerprint density at radius 3 is 2.43 bits per heavy atom. The number of urea groups is 1. The van der Waals surface area contributed by atoms with Gasteiger partial charge in [0.25, 0.3) is 0 Å². The summed E-state index contributed by atoms with van der Waals surface area (Å²) in [5.41, 5.74) is 0.0319. The summed E-state index contributed by atoms with van der Waals surface area (Å²) in [7, 11) is 0. The number of aromatic carboxylic acids is 1. The molecule has 0 radical (unpaired) electrons. The van der Waals surface area contributed by atoms with Crippen molar-refractivity contribution in [3.8, 4) is 0 Å². The lowest BCUT2D eigenvalue weighted by atomic mass is 10.3. The van der Waals surface area contributed by atoms with E-state index in [9.17, 15) is 9.59 Å². The number of anilines is 2. The highest BCUT2D eigenvalue weighted by atomic mass is 35.5. The van der Waals surface area contributed by atoms with Crippen molar-refractivity contribution in [3.05, 3.63) is 46.3 Å². The van der Waals surface area contributed by atoms with Crippen LogP contribution in [0.2, 0.25) is 10.0 Å². The van der Waals surface area contributed by atoms with E-state index < -0.39 is 12.0 Å². The van der Waals surface area contributed by atoms with E-state index in [2.05, 4.69) is 20.6 Å². The molecule has 1 aromatic heterocycles. The third-order valence-electron chi connectivity index (χ3n) is 2.31. The second kappa shape index (κ2) is 6.38. The number of nitrogens with one attached hydrogen (secondary N) is 2. The maximum atomic E-state index is 11.8. The van der Waals surface area contributed by atoms with E-state index in [0.29, 0.717) is 10.7 Å². The van der Waals surface area contributed by atoms with Crippen molar-refractivity contribution >= 4 is 46.7 Å². The number of benzene rings is 1. The minimum Gasteiger partial charge on any atom is -0.476 e. The second-order valence-corrected chi connectivity index (χ2v) is 4.58. The Kier molecular flexibility index (Phi) is 4.56. The van der Waals surface area contributed by atoms with Gasteiger partial charge in [-0.3, -0.25) is 5.32 Å². The molecule has 2 aromatic rings. The number of carbonyl (C=O) groups is 2. The van der Waals surface area contributed by atoms with Gasteiger partial charge in [-0.1, -0.05) is 23.2 Å². The summed E-state index contributed by atoms with van der Waals surface area (Å²) < 4.78 is 0. The fourth-order valence-corrected chi connectivity index (χ4v) is 1.73. The maximum absolute atomic E-state index is 11.8. The van der Waals surface area contributed by atoms with Gasteiger partial charge in [-0.25, -0.2) is 19.6 Å². The molecular formula is C12H8Cl2N4O3. The smallest absolute Gasteiger partial charge is 0.358 e. The topological polar surface area (TPSA) is 104 Å². The van der Waals surface area contributed by atoms with Crippen molar-refractivity contribution in [2.75, 3.05) is 10.6 Å². The van der Waals surface area contributed by atoms with E-state index in [0.717, 1.165) is 0 Å². The molecule has 0 fully saturated rings. The molecule has 0 saturated carbocycles. The van der Waals surface area contributed by atoms with Gasteiger partial charge >= 0.3 is 12.0 Å². The summed E-state index contributed by atoms with van der Waals surface area (Å²) in [6.07, 6.45) is 2.48. The summed E-state index contributed by atoms with van der Waals surface area (Å²) in [5, 5.41) is 14.3. The number of carboxylic acid groups (broad SMARTS) is 1. The van der Waals surface area contributed by atoms with E-state index in [1.165, 1.54) is 24.5 Å². The molecule has 2 rings (SSSR count). The van der Waals surface area contributed by atoms with Crippen LogP contribution < -0.4 is 10.6 Å². The number of nitrogens with zero attached hydrogens (tertiary/aromatic N) is 2. The Morgan fingerprint density at radius 2 is 1.76 bits per heavy atom. The number of hydrogen-bond acceptors (Lipinski definition) is 4. The summed E-state index contributed by atoms with van der Waals surface area (Å²) in [4.78, 5) is 30.1. The molecule has 0 bridgehead atoms. The number of rotatable bonds is 3. The zero-order valence-electron chi connectivity index (χ0n) is 10.3. The molecule has 21 heavy (non-hydrogen) atoms. The van der Waals surface area contributed by atoms with Crippen LogP contribution in [0.3, 0.4) is 0 Å². The average molecular weight is 327 g/mol. The Balaban J connectivity index is 2.12. The molecule has 0 aliphatic carbocycles. The lowest BCUT2D eigenvalue weighted by Crippen LogP contribution is -2.22. The Hall–Kier alpha value is -2.38. The zero-order chi connectivity index (χ0) is 15.4. The summed E-state index contributed by atoms with van der Waals surface area (Å²) in [6.45, 7) is 0. The van der Waals surface area contributed by atoms with Gasteiger partial charge in [0.05, 0.1) is 10.0 Å². The Bertz CT molecular complexity index is 709. The van der Waals surface area contributed by atoms with Crippen LogP contribution in [-0.4, -0.2) is 27.1 Å². The van der Waals surface area contributed by atoms with Crippen molar-refractivity contribution in [2.45, 2.75) is 0 Å². The SMILES string of the molecule is O=C(Nc1ccc(Cl)c(Cl)c1)Nc1nccnc1C(=O)O. The standard InChI is InChI=1S/C12H8Cl2N4O3/c13-7-2-1-6(5-8(7)14)17-12(21)18-10-9(11(19)20)15-3-4-16-10/h1-5H,(H,19,20)(H2,16,17,18,21). The van der Waals surface area contributed by atoms with E-state index in [1.807, 2.05) is 0 Å². The van der Waals surface area contributed by atoms with Crippen LogP contribution in [0.1, 0.15) is 10.5 Å². The first-order valence-electron chi connectivity index (χ1n) is 5.54. The van der Waals surface area contributed by atoms with Gasteiger partial charge in [0.2, 0.25) is 0 Å². The van der Waals surface area contributed by atoms with Gasteiger partial charge in [-0.05, 0) is 18.2 Å². The average Bonchev–Trinajstić information content (AvgIpc) is 2.43. The van der Waals surface area contributed by atoms with E-state index in [-0.39, 0.29) is 16.5 Å². The first-order chi connectivity index (χ1) is 9.97. The lowest BCUT2D eigenvalue weighted by Gasteiger charge is -2.08. The van der Waals surface area contributed by atoms with Gasteiger partial charge in [0.15, 0.2) is 11.5 Å². The van der Waals surface area contributed by atoms with Crippen molar-refractivity contribution in [2.24, 2.45) is 0 Å². The van der Waals surface area contributed by atoms with Crippen molar-refractivity contribution in [1.82, 2.24) is 9.97 Å². The van der Waals surface area contributed by atoms with Crippen molar-refractivity contribution in [3.63, 3.8) is 0 Å². The van der Waals surface area contributed by atoms with Gasteiger partial charge < -0.3 is 10.4 Å². The van der Waals surface area contributed by atoms with Gasteiger partial charge in [0.1, 0.15) is 0 Å². The van der Waals surface area contributed by atoms with Gasteiger partial charge in [-0.2, -0.15) is 0 Å². The van der Waals surface area contributed by atoms with Crippen LogP contribution in [0.15, 0.2) is 30.6 Å². The Labute approximate surface area is 128 Å². The highest BCUT2D eigenvalue weighted by Gasteiger charge is 2.15. The molecular weight excluding hydrogens is 319 g/mol. The third kappa shape index (κ3) is 3.80. The summed E-state index contributed by atoms with van der Waals surface area (Å²) in [6, 6.07) is 3.84. The molecule has 2 amide bonds. The monoisotopic (exact) mass is 326 g/mol. The minimum absolute atomic E-state index is 0.164. The zero-order valence-corrected chi connectivity index (χ0v) is 11.8. The number of carboxylic acids is 1. The quantitative estimate of drug-likeness (QED) is 0.803. The second-order valence-electron chi connectivity index (χ2n) is 3.77. The maximum Gasteiger partial charge on any atom is 0.358 e. The van der Waals surface area contributed by atoms with Crippen LogP contribution in [0, 0.1) is 0 Å². The lowest BCUT2D eigenvalue weighted by molar-refractivity contribution is 0.0691. The van der Waals surface area contributed by atoms with Crippen LogP contribution >= 0.6 is 23.2 Å². The molecule has 1 aromatic carbocycles. The van der Waals surface area contributed by atoms with Crippen molar-refractivity contribution in [1.29, 1.82) is 0 Å². The third-order valence-corrected chi connectivity index (χ3v) is 3.05. The molecule has 0 saturated heterocycles. The molecule has 9 heteroatoms. The van der Waals surface area contributed by atoms with E-state index in [1.54, 1.807) is 6.07 Å². The normalized spacial score (nSPS) is 10.0. The van der Waals surface area contributed by atoms with E-state index >= 15 is 0 Å². The van der Waals surface area contributed by atoms with E-state index in [4.69, 9.17) is 28.3 Å². The molecule has 0 spiro atoms. The molecule has 0 aliphatic rings. The first kappa shape index (κ1) is 15.0.